The maximum atomic E-state index is 7.76. The minimum absolute atomic E-state index is 0.248. The van der Waals surface area contributed by atoms with Gasteiger partial charge in [0.2, 0.25) is 0 Å². The first-order valence-electron chi connectivity index (χ1n) is 33.6. The molecule has 19 rings (SSSR count). The van der Waals surface area contributed by atoms with Gasteiger partial charge in [-0.1, -0.05) is 273 Å². The molecule has 4 heterocycles. The second kappa shape index (κ2) is 23.6. The molecule has 0 radical (unpaired) electrons. The lowest BCUT2D eigenvalue weighted by Crippen LogP contribution is -2.63. The summed E-state index contributed by atoms with van der Waals surface area (Å²) in [5.74, 6) is 3.05. The minimum atomic E-state index is -0.248. The third kappa shape index (κ3) is 9.36. The number of rotatable bonds is 12. The van der Waals surface area contributed by atoms with Crippen molar-refractivity contribution < 1.29 is 9.47 Å². The van der Waals surface area contributed by atoms with Crippen LogP contribution >= 0.6 is 0 Å². The predicted molar refractivity (Wildman–Crippen MR) is 409 cm³/mol. The Morgan fingerprint density at radius 2 is 0.520 bits per heavy atom. The molecule has 6 nitrogen and oxygen atoms in total. The van der Waals surface area contributed by atoms with Crippen LogP contribution in [0.2, 0.25) is 0 Å². The molecule has 0 aromatic heterocycles. The van der Waals surface area contributed by atoms with Crippen molar-refractivity contribution in [2.75, 3.05) is 19.6 Å². The Hall–Kier alpha value is -12.8. The molecular weight excluding hydrogens is 1190 g/mol. The van der Waals surface area contributed by atoms with Gasteiger partial charge in [-0.15, -0.1) is 0 Å². The molecule has 458 valence electrons. The molecular formula is C90H60B2N4O2. The lowest BCUT2D eigenvalue weighted by atomic mass is 9.31. The van der Waals surface area contributed by atoms with Gasteiger partial charge in [-0.05, 0) is 128 Å². The highest BCUT2D eigenvalue weighted by atomic mass is 16.5. The Morgan fingerprint density at radius 1 is 0.214 bits per heavy atom. The fraction of sp³-hybridized carbons (Fsp3) is 0. The molecule has 0 amide bonds. The van der Waals surface area contributed by atoms with Crippen molar-refractivity contribution in [2.24, 2.45) is 0 Å². The smallest absolute Gasteiger partial charge is 0.256 e. The number of benzene rings is 15. The SMILES string of the molecule is c1ccc(-c2ccccc2N(c2ccccc2)c2cc3c4c(c2)N(c2ccccc2-c2ccccc2)c2ccccc2B4c2cc4c(cc2O3)Oc2cc(N(c3ccccc3)c3ccccc3-c3ccccc3)cc3c2B4c2ccccc2N3c2ccccc2-c2ccccc2)cc1. The number of nitrogens with zero attached hydrogens (tertiary/aromatic N) is 4. The maximum Gasteiger partial charge on any atom is 0.256 e. The Kier molecular flexibility index (Phi) is 13.7. The summed E-state index contributed by atoms with van der Waals surface area (Å²) in [5.41, 5.74) is 28.2. The van der Waals surface area contributed by atoms with Crippen LogP contribution in [-0.2, 0) is 0 Å². The minimum Gasteiger partial charge on any atom is -0.458 e. The Morgan fingerprint density at radius 3 is 0.908 bits per heavy atom. The van der Waals surface area contributed by atoms with Crippen LogP contribution in [0, 0.1) is 0 Å². The van der Waals surface area contributed by atoms with E-state index in [0.29, 0.717) is 0 Å². The second-order valence-electron chi connectivity index (χ2n) is 25.4. The Balaban J connectivity index is 0.857. The van der Waals surface area contributed by atoms with E-state index in [1.807, 2.05) is 0 Å². The average molecular weight is 1250 g/mol. The van der Waals surface area contributed by atoms with Gasteiger partial charge in [0.05, 0.1) is 34.1 Å². The summed E-state index contributed by atoms with van der Waals surface area (Å²) in [6.07, 6.45) is 0. The third-order valence-corrected chi connectivity index (χ3v) is 19.9. The van der Waals surface area contributed by atoms with Crippen molar-refractivity contribution in [3.05, 3.63) is 364 Å². The quantitative estimate of drug-likeness (QED) is 0.113. The normalized spacial score (nSPS) is 12.6. The molecule has 0 bridgehead atoms. The van der Waals surface area contributed by atoms with E-state index in [4.69, 9.17) is 9.47 Å². The largest absolute Gasteiger partial charge is 0.458 e. The standard InChI is InChI=1S/C90H60B2N4O2/c1-7-31-61(32-8-1)69-43-19-25-49-77(69)93(65-39-15-5-16-40-65)67-55-83-89-87(57-67)97-85-60-86-76(59-75(85)91(89)73-47-23-29-53-81(73)95(83)79-51-27-21-45-71(79)63-35-11-3-12-36-63)92-74-48-24-30-54-82(74)96(80-52-28-22-46-72(80)64-37-13-4-14-38-64)84-56-68(58-88(98-86)90(84)92)94(66-41-17-6-18-42-66)78-50-26-20-44-70(78)62-33-9-2-10-34-62/h1-60H. The number of hydrogen-bond donors (Lipinski definition) is 0. The molecule has 98 heavy (non-hydrogen) atoms. The van der Waals surface area contributed by atoms with Gasteiger partial charge in [0, 0.05) is 74.6 Å². The Labute approximate surface area is 571 Å². The number of ether oxygens (including phenoxy) is 2. The number of para-hydroxylation sites is 8. The summed E-state index contributed by atoms with van der Waals surface area (Å²) in [6, 6.07) is 132. The van der Waals surface area contributed by atoms with E-state index in [1.54, 1.807) is 0 Å². The van der Waals surface area contributed by atoms with E-state index >= 15 is 0 Å². The number of hydrogen-bond acceptors (Lipinski definition) is 6. The monoisotopic (exact) mass is 1250 g/mol. The zero-order chi connectivity index (χ0) is 64.6. The van der Waals surface area contributed by atoms with Gasteiger partial charge in [-0.2, -0.15) is 0 Å². The van der Waals surface area contributed by atoms with Crippen LogP contribution in [-0.4, -0.2) is 13.4 Å². The first-order valence-corrected chi connectivity index (χ1v) is 33.6. The first-order chi connectivity index (χ1) is 48.7. The van der Waals surface area contributed by atoms with Crippen molar-refractivity contribution in [3.63, 3.8) is 0 Å². The summed E-state index contributed by atoms with van der Waals surface area (Å²) in [7, 11) is 0. The second-order valence-corrected chi connectivity index (χ2v) is 25.4. The van der Waals surface area contributed by atoms with E-state index in [9.17, 15) is 0 Å². The average Bonchev–Trinajstić information content (AvgIpc) is 0.694. The van der Waals surface area contributed by atoms with Crippen LogP contribution in [0.5, 0.6) is 23.0 Å². The Bertz CT molecular complexity index is 5220. The van der Waals surface area contributed by atoms with Gasteiger partial charge in [0.25, 0.3) is 13.4 Å². The van der Waals surface area contributed by atoms with Crippen LogP contribution in [0.15, 0.2) is 364 Å². The van der Waals surface area contributed by atoms with Crippen LogP contribution in [0.1, 0.15) is 0 Å². The zero-order valence-corrected chi connectivity index (χ0v) is 53.4. The highest BCUT2D eigenvalue weighted by molar-refractivity contribution is 7.02. The van der Waals surface area contributed by atoms with Gasteiger partial charge in [-0.3, -0.25) is 0 Å². The van der Waals surface area contributed by atoms with Crippen molar-refractivity contribution >= 4 is 114 Å². The molecule has 4 aliphatic rings. The molecule has 0 unspecified atom stereocenters. The zero-order valence-electron chi connectivity index (χ0n) is 53.4. The topological polar surface area (TPSA) is 31.4 Å². The molecule has 8 heteroatoms. The molecule has 0 saturated heterocycles. The number of anilines is 12. The molecule has 15 aromatic carbocycles. The van der Waals surface area contributed by atoms with E-state index in [-0.39, 0.29) is 13.4 Å². The van der Waals surface area contributed by atoms with E-state index in [2.05, 4.69) is 384 Å². The fourth-order valence-corrected chi connectivity index (χ4v) is 15.8. The van der Waals surface area contributed by atoms with Crippen LogP contribution < -0.4 is 61.9 Å². The molecule has 0 aliphatic carbocycles. The summed E-state index contributed by atoms with van der Waals surface area (Å²) in [6.45, 7) is -0.497. The van der Waals surface area contributed by atoms with Gasteiger partial charge in [0.1, 0.15) is 23.0 Å². The summed E-state index contributed by atoms with van der Waals surface area (Å²) >= 11 is 0. The summed E-state index contributed by atoms with van der Waals surface area (Å²) in [4.78, 5) is 9.79. The van der Waals surface area contributed by atoms with Gasteiger partial charge < -0.3 is 29.1 Å². The molecule has 0 N–H and O–H groups in total. The molecule has 0 fully saturated rings. The van der Waals surface area contributed by atoms with Gasteiger partial charge in [-0.25, -0.2) is 0 Å². The van der Waals surface area contributed by atoms with E-state index in [1.165, 1.54) is 10.9 Å². The fourth-order valence-electron chi connectivity index (χ4n) is 15.8. The lowest BCUT2D eigenvalue weighted by molar-refractivity contribution is 0.466. The molecule has 15 aromatic rings. The van der Waals surface area contributed by atoms with Crippen molar-refractivity contribution in [3.8, 4) is 67.5 Å². The summed E-state index contributed by atoms with van der Waals surface area (Å²) < 4.78 is 15.5. The van der Waals surface area contributed by atoms with Crippen LogP contribution in [0.3, 0.4) is 0 Å². The van der Waals surface area contributed by atoms with Crippen LogP contribution in [0.25, 0.3) is 44.5 Å². The lowest BCUT2D eigenvalue weighted by Gasteiger charge is -2.43. The highest BCUT2D eigenvalue weighted by Crippen LogP contribution is 2.52. The van der Waals surface area contributed by atoms with Gasteiger partial charge >= 0.3 is 0 Å². The first kappa shape index (κ1) is 56.7. The summed E-state index contributed by atoms with van der Waals surface area (Å²) in [5, 5.41) is 0. The molecule has 4 aliphatic heterocycles. The van der Waals surface area contributed by atoms with Crippen molar-refractivity contribution in [1.82, 2.24) is 0 Å². The van der Waals surface area contributed by atoms with E-state index in [0.717, 1.165) is 158 Å². The van der Waals surface area contributed by atoms with Crippen molar-refractivity contribution in [1.29, 1.82) is 0 Å². The molecule has 0 saturated carbocycles. The third-order valence-electron chi connectivity index (χ3n) is 19.9. The molecule has 0 atom stereocenters. The van der Waals surface area contributed by atoms with E-state index < -0.39 is 0 Å². The van der Waals surface area contributed by atoms with Gasteiger partial charge in [0.15, 0.2) is 0 Å². The van der Waals surface area contributed by atoms with Crippen molar-refractivity contribution in [2.45, 2.75) is 0 Å². The highest BCUT2D eigenvalue weighted by Gasteiger charge is 2.48. The molecule has 0 spiro atoms. The maximum absolute atomic E-state index is 7.76. The predicted octanol–water partition coefficient (Wildman–Crippen LogP) is 20.1. The number of fused-ring (bicyclic) bond motifs is 8. The van der Waals surface area contributed by atoms with Crippen LogP contribution in [0.4, 0.5) is 68.2 Å².